The van der Waals surface area contributed by atoms with E-state index in [0.717, 1.165) is 20.9 Å². The molecule has 6 rings (SSSR count). The molecule has 2 fully saturated rings. The van der Waals surface area contributed by atoms with Crippen LogP contribution in [0.25, 0.3) is 10.8 Å². The van der Waals surface area contributed by atoms with Crippen molar-refractivity contribution in [2.75, 3.05) is 37.6 Å². The largest absolute Gasteiger partial charge is 0.368 e. The van der Waals surface area contributed by atoms with Crippen molar-refractivity contribution < 1.29 is 18.0 Å². The van der Waals surface area contributed by atoms with Crippen LogP contribution in [-0.2, 0) is 21.4 Å². The number of aryl methyl sites for hydroxylation is 2. The number of carbonyl (C=O) groups is 2. The molecule has 1 atom stereocenters. The van der Waals surface area contributed by atoms with Gasteiger partial charge in [-0.1, -0.05) is 78.9 Å². The monoisotopic (exact) mass is 582 g/mol. The summed E-state index contributed by atoms with van der Waals surface area (Å²) in [5.41, 5.74) is 4.36. The molecule has 2 aliphatic rings. The number of hydrogen-bond donors (Lipinski definition) is 0. The molecule has 0 saturated carbocycles. The zero-order chi connectivity index (χ0) is 29.4. The first-order chi connectivity index (χ1) is 20.2. The van der Waals surface area contributed by atoms with Gasteiger partial charge in [0, 0.05) is 43.8 Å². The summed E-state index contributed by atoms with van der Waals surface area (Å²) in [5, 5.41) is 1.31. The van der Waals surface area contributed by atoms with Gasteiger partial charge in [-0.3, -0.25) is 4.79 Å². The number of benzene rings is 4. The summed E-state index contributed by atoms with van der Waals surface area (Å²) in [4.78, 5) is 33.4. The average Bonchev–Trinajstić information content (AvgIpc) is 3.34. The van der Waals surface area contributed by atoms with Crippen molar-refractivity contribution in [3.63, 3.8) is 0 Å². The summed E-state index contributed by atoms with van der Waals surface area (Å²) in [6, 6.07) is 26.4. The molecule has 2 heterocycles. The van der Waals surface area contributed by atoms with Gasteiger partial charge >= 0.3 is 6.03 Å². The van der Waals surface area contributed by atoms with Gasteiger partial charge in [-0.25, -0.2) is 17.5 Å². The average molecular weight is 583 g/mol. The highest BCUT2D eigenvalue weighted by Gasteiger charge is 2.48. The van der Waals surface area contributed by atoms with Crippen LogP contribution in [0.15, 0.2) is 95.9 Å². The van der Waals surface area contributed by atoms with Crippen molar-refractivity contribution in [1.29, 1.82) is 0 Å². The van der Waals surface area contributed by atoms with E-state index in [0.29, 0.717) is 31.6 Å². The standard InChI is InChI=1S/C33H34N4O4S/c1-24-15-16-25(2)29(21-24)34-17-19-35(20-18-34)32(38)30-23-37(33(39)36(30)22-26-9-4-3-5-10-26)42(40,41)31-14-8-12-27-11-6-7-13-28(27)31/h3-16,21,30H,17-20,22-23H2,1-2H3. The van der Waals surface area contributed by atoms with E-state index in [9.17, 15) is 18.0 Å². The summed E-state index contributed by atoms with van der Waals surface area (Å²) in [6.45, 7) is 6.37. The van der Waals surface area contributed by atoms with Gasteiger partial charge in [-0.05, 0) is 48.1 Å². The minimum absolute atomic E-state index is 0.0591. The van der Waals surface area contributed by atoms with Crippen LogP contribution in [0.1, 0.15) is 16.7 Å². The molecule has 216 valence electrons. The Morgan fingerprint density at radius 2 is 1.52 bits per heavy atom. The minimum Gasteiger partial charge on any atom is -0.368 e. The van der Waals surface area contributed by atoms with Gasteiger partial charge < -0.3 is 14.7 Å². The second-order valence-electron chi connectivity index (χ2n) is 11.0. The molecule has 0 spiro atoms. The number of nitrogens with zero attached hydrogens (tertiary/aromatic N) is 4. The van der Waals surface area contributed by atoms with E-state index < -0.39 is 22.1 Å². The Morgan fingerprint density at radius 1 is 0.833 bits per heavy atom. The van der Waals surface area contributed by atoms with E-state index >= 15 is 0 Å². The molecule has 2 aliphatic heterocycles. The molecule has 4 aromatic carbocycles. The lowest BCUT2D eigenvalue weighted by Gasteiger charge is -2.38. The first-order valence-corrected chi connectivity index (χ1v) is 15.6. The Labute approximate surface area is 246 Å². The van der Waals surface area contributed by atoms with Crippen LogP contribution in [0.5, 0.6) is 0 Å². The number of piperazine rings is 1. The third kappa shape index (κ3) is 5.09. The molecule has 2 saturated heterocycles. The number of sulfonamides is 1. The fourth-order valence-corrected chi connectivity index (χ4v) is 7.56. The van der Waals surface area contributed by atoms with Gasteiger partial charge in [-0.15, -0.1) is 0 Å². The molecule has 0 aromatic heterocycles. The normalized spacial score (nSPS) is 17.8. The second-order valence-corrected chi connectivity index (χ2v) is 12.9. The SMILES string of the molecule is Cc1ccc(C)c(N2CCN(C(=O)C3CN(S(=O)(=O)c4cccc5ccccc45)C(=O)N3Cc3ccccc3)CC2)c1. The molecule has 0 radical (unpaired) electrons. The van der Waals surface area contributed by atoms with Crippen molar-refractivity contribution in [1.82, 2.24) is 14.1 Å². The van der Waals surface area contributed by atoms with Crippen LogP contribution in [0, 0.1) is 13.8 Å². The zero-order valence-corrected chi connectivity index (χ0v) is 24.6. The summed E-state index contributed by atoms with van der Waals surface area (Å²) in [6.07, 6.45) is 0. The lowest BCUT2D eigenvalue weighted by Crippen LogP contribution is -2.54. The highest BCUT2D eigenvalue weighted by Crippen LogP contribution is 2.31. The number of anilines is 1. The smallest absolute Gasteiger partial charge is 0.335 e. The predicted molar refractivity (Wildman–Crippen MR) is 164 cm³/mol. The fourth-order valence-electron chi connectivity index (χ4n) is 5.96. The first-order valence-electron chi connectivity index (χ1n) is 14.2. The molecule has 1 unspecified atom stereocenters. The van der Waals surface area contributed by atoms with Crippen molar-refractivity contribution in [2.45, 2.75) is 31.3 Å². The summed E-state index contributed by atoms with van der Waals surface area (Å²) in [7, 11) is -4.23. The third-order valence-electron chi connectivity index (χ3n) is 8.27. The Kier molecular flexibility index (Phi) is 7.36. The van der Waals surface area contributed by atoms with Crippen LogP contribution >= 0.6 is 0 Å². The maximum absolute atomic E-state index is 14.0. The molecule has 8 nitrogen and oxygen atoms in total. The topological polar surface area (TPSA) is 81.2 Å². The lowest BCUT2D eigenvalue weighted by molar-refractivity contribution is -0.135. The number of hydrogen-bond acceptors (Lipinski definition) is 5. The van der Waals surface area contributed by atoms with Gasteiger partial charge in [0.15, 0.2) is 0 Å². The molecule has 42 heavy (non-hydrogen) atoms. The third-order valence-corrected chi connectivity index (χ3v) is 10.1. The zero-order valence-electron chi connectivity index (χ0n) is 23.8. The molecule has 4 aromatic rings. The van der Waals surface area contributed by atoms with E-state index in [2.05, 4.69) is 36.9 Å². The summed E-state index contributed by atoms with van der Waals surface area (Å²) < 4.78 is 28.9. The Morgan fingerprint density at radius 3 is 2.29 bits per heavy atom. The van der Waals surface area contributed by atoms with Crippen molar-refractivity contribution >= 4 is 38.4 Å². The van der Waals surface area contributed by atoms with Crippen molar-refractivity contribution in [3.05, 3.63) is 108 Å². The number of amides is 3. The van der Waals surface area contributed by atoms with E-state index in [-0.39, 0.29) is 23.9 Å². The van der Waals surface area contributed by atoms with E-state index in [1.165, 1.54) is 22.1 Å². The van der Waals surface area contributed by atoms with Crippen LogP contribution in [0.4, 0.5) is 10.5 Å². The lowest BCUT2D eigenvalue weighted by atomic mass is 10.1. The molecule has 9 heteroatoms. The fraction of sp³-hybridized carbons (Fsp3) is 0.273. The van der Waals surface area contributed by atoms with Crippen LogP contribution in [-0.4, -0.2) is 73.2 Å². The molecule has 0 aliphatic carbocycles. The number of carbonyl (C=O) groups excluding carboxylic acids is 2. The number of fused-ring (bicyclic) bond motifs is 1. The van der Waals surface area contributed by atoms with Crippen LogP contribution in [0.3, 0.4) is 0 Å². The van der Waals surface area contributed by atoms with Crippen LogP contribution in [0.2, 0.25) is 0 Å². The van der Waals surface area contributed by atoms with Crippen molar-refractivity contribution in [3.8, 4) is 0 Å². The highest BCUT2D eigenvalue weighted by atomic mass is 32.2. The summed E-state index contributed by atoms with van der Waals surface area (Å²) >= 11 is 0. The van der Waals surface area contributed by atoms with Gasteiger partial charge in [-0.2, -0.15) is 0 Å². The van der Waals surface area contributed by atoms with Gasteiger partial charge in [0.2, 0.25) is 5.91 Å². The second kappa shape index (κ2) is 11.1. The predicted octanol–water partition coefficient (Wildman–Crippen LogP) is 4.80. The minimum atomic E-state index is -4.23. The molecular weight excluding hydrogens is 548 g/mol. The van der Waals surface area contributed by atoms with E-state index in [4.69, 9.17) is 0 Å². The van der Waals surface area contributed by atoms with Gasteiger partial charge in [0.05, 0.1) is 11.4 Å². The Bertz CT molecular complexity index is 1750. The Hall–Kier alpha value is -4.37. The van der Waals surface area contributed by atoms with E-state index in [1.54, 1.807) is 23.1 Å². The van der Waals surface area contributed by atoms with Gasteiger partial charge in [0.1, 0.15) is 6.04 Å². The maximum atomic E-state index is 14.0. The Balaban J connectivity index is 1.28. The maximum Gasteiger partial charge on any atom is 0.335 e. The first kappa shape index (κ1) is 27.8. The number of rotatable bonds is 6. The molecule has 0 bridgehead atoms. The molecular formula is C33H34N4O4S. The van der Waals surface area contributed by atoms with Crippen molar-refractivity contribution in [2.24, 2.45) is 0 Å². The number of urea groups is 1. The van der Waals surface area contributed by atoms with Crippen LogP contribution < -0.4 is 4.90 Å². The summed E-state index contributed by atoms with van der Waals surface area (Å²) in [5.74, 6) is -0.226. The molecule has 0 N–H and O–H groups in total. The van der Waals surface area contributed by atoms with E-state index in [1.807, 2.05) is 48.5 Å². The quantitative estimate of drug-likeness (QED) is 0.326. The highest BCUT2D eigenvalue weighted by molar-refractivity contribution is 7.90. The van der Waals surface area contributed by atoms with Gasteiger partial charge in [0.25, 0.3) is 10.0 Å². The molecule has 3 amide bonds.